The van der Waals surface area contributed by atoms with E-state index in [0.717, 1.165) is 45.8 Å². The zero-order valence-corrected chi connectivity index (χ0v) is 13.1. The van der Waals surface area contributed by atoms with Crippen molar-refractivity contribution < 1.29 is 9.53 Å². The highest BCUT2D eigenvalue weighted by molar-refractivity contribution is 5.78. The summed E-state index contributed by atoms with van der Waals surface area (Å²) in [6.07, 6.45) is 0.215. The van der Waals surface area contributed by atoms with Crippen molar-refractivity contribution in [3.8, 4) is 0 Å². The molecule has 0 aliphatic carbocycles. The van der Waals surface area contributed by atoms with Crippen molar-refractivity contribution in [2.75, 3.05) is 59.0 Å². The molecule has 2 aliphatic heterocycles. The summed E-state index contributed by atoms with van der Waals surface area (Å²) in [4.78, 5) is 22.0. The number of aliphatic imine (C=N–C) groups is 1. The van der Waals surface area contributed by atoms with E-state index >= 15 is 0 Å². The molecular formula is C14H27N5O2. The molecule has 0 radical (unpaired) electrons. The van der Waals surface area contributed by atoms with Crippen molar-refractivity contribution in [2.45, 2.75) is 20.0 Å². The lowest BCUT2D eigenvalue weighted by Gasteiger charge is -2.34. The van der Waals surface area contributed by atoms with Crippen molar-refractivity contribution in [1.82, 2.24) is 14.7 Å². The third-order valence-electron chi connectivity index (χ3n) is 4.07. The number of hydrogen-bond acceptors (Lipinski definition) is 4. The number of nitrogens with zero attached hydrogens (tertiary/aromatic N) is 4. The minimum Gasteiger partial charge on any atom is -0.375 e. The van der Waals surface area contributed by atoms with Gasteiger partial charge in [0.15, 0.2) is 5.96 Å². The molecule has 0 bridgehead atoms. The lowest BCUT2D eigenvalue weighted by Crippen LogP contribution is -2.49. The van der Waals surface area contributed by atoms with Gasteiger partial charge in [-0.1, -0.05) is 0 Å². The summed E-state index contributed by atoms with van der Waals surface area (Å²) in [6.45, 7) is 11.1. The molecule has 21 heavy (non-hydrogen) atoms. The second-order valence-electron chi connectivity index (χ2n) is 5.72. The Morgan fingerprint density at radius 2 is 1.95 bits per heavy atom. The highest BCUT2D eigenvalue weighted by Gasteiger charge is 2.19. The van der Waals surface area contributed by atoms with Crippen LogP contribution >= 0.6 is 0 Å². The van der Waals surface area contributed by atoms with Gasteiger partial charge in [0.05, 0.1) is 19.3 Å². The minimum absolute atomic E-state index is 0.165. The number of hydrogen-bond donors (Lipinski definition) is 1. The standard InChI is InChI=1S/C14H27N5O2/c1-12-11-19(9-10-21-12)14(15)16-3-4-17-5-7-18(8-6-17)13(2)20/h12H,3-11H2,1-2H3,(H2,15,16). The van der Waals surface area contributed by atoms with E-state index in [4.69, 9.17) is 10.5 Å². The van der Waals surface area contributed by atoms with E-state index in [-0.39, 0.29) is 12.0 Å². The number of ether oxygens (including phenoxy) is 1. The zero-order chi connectivity index (χ0) is 15.2. The van der Waals surface area contributed by atoms with Crippen molar-refractivity contribution in [2.24, 2.45) is 10.7 Å². The minimum atomic E-state index is 0.165. The lowest BCUT2D eigenvalue weighted by atomic mass is 10.3. The Morgan fingerprint density at radius 1 is 1.24 bits per heavy atom. The monoisotopic (exact) mass is 297 g/mol. The fourth-order valence-electron chi connectivity index (χ4n) is 2.72. The fourth-order valence-corrected chi connectivity index (χ4v) is 2.72. The van der Waals surface area contributed by atoms with Crippen LogP contribution < -0.4 is 5.73 Å². The first-order valence-electron chi connectivity index (χ1n) is 7.70. The number of piperazine rings is 1. The normalized spacial score (nSPS) is 25.2. The van der Waals surface area contributed by atoms with E-state index in [2.05, 4.69) is 14.8 Å². The predicted molar refractivity (Wildman–Crippen MR) is 82.2 cm³/mol. The van der Waals surface area contributed by atoms with Gasteiger partial charge in [0.25, 0.3) is 0 Å². The Hall–Kier alpha value is -1.34. The molecule has 7 heteroatoms. The summed E-state index contributed by atoms with van der Waals surface area (Å²) in [7, 11) is 0. The van der Waals surface area contributed by atoms with Crippen LogP contribution in [0, 0.1) is 0 Å². The van der Waals surface area contributed by atoms with Crippen LogP contribution in [0.4, 0.5) is 0 Å². The van der Waals surface area contributed by atoms with Gasteiger partial charge in [0, 0.05) is 52.7 Å². The van der Waals surface area contributed by atoms with Gasteiger partial charge in [0.1, 0.15) is 0 Å². The lowest BCUT2D eigenvalue weighted by molar-refractivity contribution is -0.130. The Morgan fingerprint density at radius 3 is 2.57 bits per heavy atom. The van der Waals surface area contributed by atoms with Gasteiger partial charge in [-0.15, -0.1) is 0 Å². The number of carbonyl (C=O) groups is 1. The van der Waals surface area contributed by atoms with Crippen molar-refractivity contribution >= 4 is 11.9 Å². The molecule has 2 heterocycles. The highest BCUT2D eigenvalue weighted by Crippen LogP contribution is 2.04. The number of rotatable bonds is 3. The smallest absolute Gasteiger partial charge is 0.219 e. The van der Waals surface area contributed by atoms with E-state index in [1.54, 1.807) is 6.92 Å². The molecular weight excluding hydrogens is 270 g/mol. The van der Waals surface area contributed by atoms with Crippen LogP contribution in [0.2, 0.25) is 0 Å². The maximum absolute atomic E-state index is 11.3. The molecule has 2 aliphatic rings. The molecule has 0 spiro atoms. The quantitative estimate of drug-likeness (QED) is 0.544. The Balaban J connectivity index is 1.69. The third-order valence-corrected chi connectivity index (χ3v) is 4.07. The molecule has 1 atom stereocenters. The molecule has 1 unspecified atom stereocenters. The van der Waals surface area contributed by atoms with Crippen LogP contribution in [-0.2, 0) is 9.53 Å². The third kappa shape index (κ3) is 4.86. The summed E-state index contributed by atoms with van der Waals surface area (Å²) in [6, 6.07) is 0. The summed E-state index contributed by atoms with van der Waals surface area (Å²) >= 11 is 0. The molecule has 2 fully saturated rings. The summed E-state index contributed by atoms with van der Waals surface area (Å²) < 4.78 is 5.49. The molecule has 1 amide bonds. The predicted octanol–water partition coefficient (Wildman–Crippen LogP) is -0.814. The largest absolute Gasteiger partial charge is 0.375 e. The second kappa shape index (κ2) is 7.61. The van der Waals surface area contributed by atoms with Gasteiger partial charge in [0.2, 0.25) is 5.91 Å². The number of amides is 1. The van der Waals surface area contributed by atoms with Crippen molar-refractivity contribution in [1.29, 1.82) is 0 Å². The molecule has 2 rings (SSSR count). The van der Waals surface area contributed by atoms with E-state index in [9.17, 15) is 4.79 Å². The first-order valence-corrected chi connectivity index (χ1v) is 7.70. The van der Waals surface area contributed by atoms with Crippen LogP contribution in [0.5, 0.6) is 0 Å². The molecule has 0 aromatic heterocycles. The summed E-state index contributed by atoms with van der Waals surface area (Å²) in [5, 5.41) is 0. The van der Waals surface area contributed by atoms with Crippen LogP contribution in [0.15, 0.2) is 4.99 Å². The molecule has 120 valence electrons. The Labute approximate surface area is 126 Å². The molecule has 0 aromatic carbocycles. The summed E-state index contributed by atoms with van der Waals surface area (Å²) in [5.74, 6) is 0.783. The van der Waals surface area contributed by atoms with E-state index in [0.29, 0.717) is 19.1 Å². The molecule has 2 N–H and O–H groups in total. The van der Waals surface area contributed by atoms with Gasteiger partial charge >= 0.3 is 0 Å². The van der Waals surface area contributed by atoms with Gasteiger partial charge in [-0.3, -0.25) is 14.7 Å². The molecule has 2 saturated heterocycles. The SMILES string of the molecule is CC(=O)N1CCN(CCN=C(N)N2CCOC(C)C2)CC1. The van der Waals surface area contributed by atoms with Gasteiger partial charge < -0.3 is 20.3 Å². The topological polar surface area (TPSA) is 74.4 Å². The van der Waals surface area contributed by atoms with Crippen molar-refractivity contribution in [3.63, 3.8) is 0 Å². The van der Waals surface area contributed by atoms with Gasteiger partial charge in [-0.05, 0) is 6.92 Å². The maximum atomic E-state index is 11.3. The van der Waals surface area contributed by atoms with Crippen LogP contribution in [0.3, 0.4) is 0 Å². The van der Waals surface area contributed by atoms with E-state index in [1.165, 1.54) is 0 Å². The Kier molecular flexibility index (Phi) is 5.81. The van der Waals surface area contributed by atoms with Crippen LogP contribution in [0.25, 0.3) is 0 Å². The van der Waals surface area contributed by atoms with E-state index < -0.39 is 0 Å². The maximum Gasteiger partial charge on any atom is 0.219 e. The highest BCUT2D eigenvalue weighted by atomic mass is 16.5. The average Bonchev–Trinajstić information content (AvgIpc) is 2.47. The molecule has 0 aromatic rings. The average molecular weight is 297 g/mol. The first-order chi connectivity index (χ1) is 10.1. The Bertz CT molecular complexity index is 380. The zero-order valence-electron chi connectivity index (χ0n) is 13.1. The number of guanidine groups is 1. The second-order valence-corrected chi connectivity index (χ2v) is 5.72. The van der Waals surface area contributed by atoms with E-state index in [1.807, 2.05) is 11.8 Å². The van der Waals surface area contributed by atoms with Gasteiger partial charge in [-0.25, -0.2) is 0 Å². The van der Waals surface area contributed by atoms with Gasteiger partial charge in [-0.2, -0.15) is 0 Å². The number of nitrogens with two attached hydrogens (primary N) is 1. The number of carbonyl (C=O) groups excluding carboxylic acids is 1. The fraction of sp³-hybridized carbons (Fsp3) is 0.857. The number of morpholine rings is 1. The van der Waals surface area contributed by atoms with Crippen molar-refractivity contribution in [3.05, 3.63) is 0 Å². The summed E-state index contributed by atoms with van der Waals surface area (Å²) in [5.41, 5.74) is 6.04. The molecule has 0 saturated carbocycles. The van der Waals surface area contributed by atoms with Crippen LogP contribution in [0.1, 0.15) is 13.8 Å². The molecule has 7 nitrogen and oxygen atoms in total. The van der Waals surface area contributed by atoms with Crippen LogP contribution in [-0.4, -0.2) is 91.6 Å². The first kappa shape index (κ1) is 16.0.